The molecule has 1 aromatic heterocycles. The van der Waals surface area contributed by atoms with Crippen LogP contribution in [0.1, 0.15) is 18.4 Å². The highest BCUT2D eigenvalue weighted by molar-refractivity contribution is 7.91. The Kier molecular flexibility index (Phi) is 5.20. The summed E-state index contributed by atoms with van der Waals surface area (Å²) in [5, 5.41) is 5.17. The first-order valence-electron chi connectivity index (χ1n) is 7.89. The van der Waals surface area contributed by atoms with Crippen LogP contribution in [0, 0.1) is 0 Å². The minimum Gasteiger partial charge on any atom is -0.324 e. The topological polar surface area (TPSA) is 66.5 Å². The number of nitrogens with zero attached hydrogens (tertiary/aromatic N) is 1. The van der Waals surface area contributed by atoms with Crippen molar-refractivity contribution in [3.05, 3.63) is 53.4 Å². The maximum atomic E-state index is 12.6. The molecule has 24 heavy (non-hydrogen) atoms. The number of urea groups is 1. The van der Waals surface area contributed by atoms with Crippen LogP contribution in [0.15, 0.2) is 47.8 Å². The van der Waals surface area contributed by atoms with Gasteiger partial charge in [-0.1, -0.05) is 30.3 Å². The van der Waals surface area contributed by atoms with Gasteiger partial charge < -0.3 is 4.90 Å². The second kappa shape index (κ2) is 7.36. The van der Waals surface area contributed by atoms with Crippen LogP contribution < -0.4 is 5.32 Å². The van der Waals surface area contributed by atoms with E-state index >= 15 is 0 Å². The number of piperidine rings is 1. The first-order valence-corrected chi connectivity index (χ1v) is 10.5. The summed E-state index contributed by atoms with van der Waals surface area (Å²) in [7, 11) is -3.19. The molecule has 0 atom stereocenters. The van der Waals surface area contributed by atoms with Crippen molar-refractivity contribution in [2.45, 2.75) is 23.8 Å². The van der Waals surface area contributed by atoms with Crippen LogP contribution in [0.5, 0.6) is 0 Å². The van der Waals surface area contributed by atoms with Gasteiger partial charge in [0.25, 0.3) is 0 Å². The van der Waals surface area contributed by atoms with Crippen molar-refractivity contribution in [2.75, 3.05) is 18.4 Å². The second-order valence-corrected chi connectivity index (χ2v) is 9.12. The Bertz CT molecular complexity index is 765. The van der Waals surface area contributed by atoms with Crippen LogP contribution >= 0.6 is 11.3 Å². The Morgan fingerprint density at radius 2 is 1.83 bits per heavy atom. The molecule has 0 aliphatic carbocycles. The zero-order chi connectivity index (χ0) is 17.0. The van der Waals surface area contributed by atoms with Gasteiger partial charge in [0.15, 0.2) is 9.84 Å². The Balaban J connectivity index is 1.55. The third-order valence-corrected chi connectivity index (χ3v) is 7.21. The third kappa shape index (κ3) is 4.15. The average Bonchev–Trinajstić information content (AvgIpc) is 3.08. The summed E-state index contributed by atoms with van der Waals surface area (Å²) >= 11 is 1.47. The second-order valence-electron chi connectivity index (χ2n) is 5.89. The van der Waals surface area contributed by atoms with E-state index in [1.54, 1.807) is 4.90 Å². The molecular formula is C17H20N2O3S2. The molecule has 3 rings (SSSR count). The summed E-state index contributed by atoms with van der Waals surface area (Å²) in [5.41, 5.74) is 0.815. The van der Waals surface area contributed by atoms with Gasteiger partial charge in [-0.2, -0.15) is 0 Å². The van der Waals surface area contributed by atoms with Gasteiger partial charge in [0, 0.05) is 13.1 Å². The monoisotopic (exact) mass is 364 g/mol. The lowest BCUT2D eigenvalue weighted by Crippen LogP contribution is -2.44. The van der Waals surface area contributed by atoms with E-state index in [0.29, 0.717) is 25.9 Å². The summed E-state index contributed by atoms with van der Waals surface area (Å²) < 4.78 is 25.1. The molecule has 1 aromatic carbocycles. The van der Waals surface area contributed by atoms with Crippen LogP contribution in [0.25, 0.3) is 0 Å². The van der Waals surface area contributed by atoms with Crippen LogP contribution in [0.4, 0.5) is 9.80 Å². The average molecular weight is 364 g/mol. The molecule has 1 aliphatic rings. The molecular weight excluding hydrogens is 344 g/mol. The largest absolute Gasteiger partial charge is 0.324 e. The van der Waals surface area contributed by atoms with Crippen LogP contribution in [-0.2, 0) is 15.6 Å². The number of nitrogens with one attached hydrogen (secondary N) is 1. The molecule has 7 heteroatoms. The number of thiophene rings is 1. The van der Waals surface area contributed by atoms with E-state index < -0.39 is 9.84 Å². The summed E-state index contributed by atoms with van der Waals surface area (Å²) in [4.78, 5) is 13.9. The summed E-state index contributed by atoms with van der Waals surface area (Å²) in [6.07, 6.45) is 0.986. The molecule has 5 nitrogen and oxygen atoms in total. The number of carbonyl (C=O) groups excluding carboxylic acids is 1. The number of benzene rings is 1. The molecule has 0 spiro atoms. The maximum Gasteiger partial charge on any atom is 0.322 e. The van der Waals surface area contributed by atoms with Gasteiger partial charge in [-0.15, -0.1) is 11.3 Å². The van der Waals surface area contributed by atoms with Crippen molar-refractivity contribution in [3.63, 3.8) is 0 Å². The number of anilines is 1. The van der Waals surface area contributed by atoms with Gasteiger partial charge in [0.05, 0.1) is 16.0 Å². The van der Waals surface area contributed by atoms with Crippen LogP contribution in [0.3, 0.4) is 0 Å². The molecule has 0 unspecified atom stereocenters. The Hall–Kier alpha value is -1.86. The summed E-state index contributed by atoms with van der Waals surface area (Å²) in [6.45, 7) is 0.936. The zero-order valence-electron chi connectivity index (χ0n) is 13.2. The normalized spacial score (nSPS) is 16.1. The van der Waals surface area contributed by atoms with Crippen LogP contribution in [-0.4, -0.2) is 37.7 Å². The minimum absolute atomic E-state index is 0.0693. The molecule has 0 bridgehead atoms. The van der Waals surface area contributed by atoms with Gasteiger partial charge in [0.2, 0.25) is 0 Å². The van der Waals surface area contributed by atoms with Crippen molar-refractivity contribution in [1.29, 1.82) is 0 Å². The Morgan fingerprint density at radius 1 is 1.12 bits per heavy atom. The van der Waals surface area contributed by atoms with E-state index in [9.17, 15) is 13.2 Å². The predicted octanol–water partition coefficient (Wildman–Crippen LogP) is 3.36. The van der Waals surface area contributed by atoms with Crippen LogP contribution in [0.2, 0.25) is 0 Å². The van der Waals surface area contributed by atoms with E-state index in [1.807, 2.05) is 47.8 Å². The molecule has 2 amide bonds. The van der Waals surface area contributed by atoms with Gasteiger partial charge in [-0.3, -0.25) is 5.32 Å². The van der Waals surface area contributed by atoms with Crippen molar-refractivity contribution < 1.29 is 13.2 Å². The molecule has 1 aliphatic heterocycles. The lowest BCUT2D eigenvalue weighted by molar-refractivity contribution is 0.200. The number of amides is 2. The molecule has 0 radical (unpaired) electrons. The summed E-state index contributed by atoms with van der Waals surface area (Å²) in [6, 6.07) is 12.8. The Morgan fingerprint density at radius 3 is 2.46 bits per heavy atom. The fraction of sp³-hybridized carbons (Fsp3) is 0.353. The first-order chi connectivity index (χ1) is 11.5. The molecule has 0 saturated carbocycles. The third-order valence-electron chi connectivity index (χ3n) is 4.20. The lowest BCUT2D eigenvalue weighted by Gasteiger charge is -2.31. The van der Waals surface area contributed by atoms with E-state index in [4.69, 9.17) is 0 Å². The standard InChI is InChI=1S/C17H20N2O3S2/c20-17(18-16-7-4-12-23-16)19-10-8-15(9-11-19)24(21,22)13-14-5-2-1-3-6-14/h1-7,12,15H,8-11,13H2,(H,18,20). The van der Waals surface area contributed by atoms with E-state index in [1.165, 1.54) is 11.3 Å². The molecule has 1 fully saturated rings. The smallest absolute Gasteiger partial charge is 0.322 e. The maximum absolute atomic E-state index is 12.6. The fourth-order valence-corrected chi connectivity index (χ4v) is 5.31. The minimum atomic E-state index is -3.19. The summed E-state index contributed by atoms with van der Waals surface area (Å²) in [5.74, 6) is 0.0693. The lowest BCUT2D eigenvalue weighted by atomic mass is 10.1. The quantitative estimate of drug-likeness (QED) is 0.905. The number of rotatable bonds is 4. The van der Waals surface area contributed by atoms with Gasteiger partial charge in [-0.25, -0.2) is 13.2 Å². The molecule has 2 aromatic rings. The van der Waals surface area contributed by atoms with Crippen molar-refractivity contribution in [3.8, 4) is 0 Å². The number of carbonyl (C=O) groups is 1. The molecule has 2 heterocycles. The van der Waals surface area contributed by atoms with Crippen molar-refractivity contribution >= 4 is 32.2 Å². The molecule has 128 valence electrons. The van der Waals surface area contributed by atoms with E-state index in [2.05, 4.69) is 5.32 Å². The van der Waals surface area contributed by atoms with E-state index in [-0.39, 0.29) is 17.0 Å². The molecule has 1 saturated heterocycles. The molecule has 1 N–H and O–H groups in total. The van der Waals surface area contributed by atoms with Gasteiger partial charge in [0.1, 0.15) is 0 Å². The Labute approximate surface area is 146 Å². The highest BCUT2D eigenvalue weighted by atomic mass is 32.2. The SMILES string of the molecule is O=C(Nc1cccs1)N1CCC(S(=O)(=O)Cc2ccccc2)CC1. The van der Waals surface area contributed by atoms with Crippen molar-refractivity contribution in [1.82, 2.24) is 4.90 Å². The predicted molar refractivity (Wildman–Crippen MR) is 97.0 cm³/mol. The van der Waals surface area contributed by atoms with Crippen molar-refractivity contribution in [2.24, 2.45) is 0 Å². The van der Waals surface area contributed by atoms with Gasteiger partial charge >= 0.3 is 6.03 Å². The van der Waals surface area contributed by atoms with Gasteiger partial charge in [-0.05, 0) is 35.9 Å². The number of hydrogen-bond donors (Lipinski definition) is 1. The highest BCUT2D eigenvalue weighted by Crippen LogP contribution is 2.23. The number of hydrogen-bond acceptors (Lipinski definition) is 4. The zero-order valence-corrected chi connectivity index (χ0v) is 14.9. The number of likely N-dealkylation sites (tertiary alicyclic amines) is 1. The van der Waals surface area contributed by atoms with E-state index in [0.717, 1.165) is 10.6 Å². The first kappa shape index (κ1) is 17.0. The fourth-order valence-electron chi connectivity index (χ4n) is 2.88. The highest BCUT2D eigenvalue weighted by Gasteiger charge is 2.31. The number of sulfone groups is 1.